The summed E-state index contributed by atoms with van der Waals surface area (Å²) in [4.78, 5) is 4.01. The van der Waals surface area contributed by atoms with Crippen LogP contribution in [0.2, 0.25) is 0 Å². The lowest BCUT2D eigenvalue weighted by molar-refractivity contribution is 0.415. The Morgan fingerprint density at radius 1 is 0.933 bits per heavy atom. The molecule has 1 aromatic heterocycles. The SMILES string of the molecule is c1cc(-c2ccc([C@@H]3CO3)cc2)ccn1. The molecular weight excluding hydrogens is 186 g/mol. The Morgan fingerprint density at radius 2 is 1.53 bits per heavy atom. The van der Waals surface area contributed by atoms with Crippen molar-refractivity contribution in [3.8, 4) is 11.1 Å². The first-order valence-corrected chi connectivity index (χ1v) is 5.05. The number of rotatable bonds is 2. The number of epoxide rings is 1. The largest absolute Gasteiger partial charge is 0.368 e. The van der Waals surface area contributed by atoms with E-state index < -0.39 is 0 Å². The van der Waals surface area contributed by atoms with Crippen molar-refractivity contribution in [1.29, 1.82) is 0 Å². The Hall–Kier alpha value is -1.67. The lowest BCUT2D eigenvalue weighted by Gasteiger charge is -2.01. The molecule has 0 spiro atoms. The number of pyridine rings is 1. The van der Waals surface area contributed by atoms with Gasteiger partial charge < -0.3 is 4.74 Å². The first kappa shape index (κ1) is 8.62. The molecule has 0 bridgehead atoms. The number of aromatic nitrogens is 1. The summed E-state index contributed by atoms with van der Waals surface area (Å²) >= 11 is 0. The molecular formula is C13H11NO. The fourth-order valence-electron chi connectivity index (χ4n) is 1.68. The quantitative estimate of drug-likeness (QED) is 0.692. The molecule has 1 saturated heterocycles. The lowest BCUT2D eigenvalue weighted by Crippen LogP contribution is -1.82. The van der Waals surface area contributed by atoms with Crippen LogP contribution in [0.15, 0.2) is 48.8 Å². The van der Waals surface area contributed by atoms with Gasteiger partial charge in [-0.05, 0) is 28.8 Å². The minimum absolute atomic E-state index is 0.344. The number of ether oxygens (including phenoxy) is 1. The molecule has 2 nitrogen and oxygen atoms in total. The van der Waals surface area contributed by atoms with E-state index in [0.717, 1.165) is 6.61 Å². The van der Waals surface area contributed by atoms with Gasteiger partial charge in [-0.25, -0.2) is 0 Å². The molecule has 1 aliphatic heterocycles. The molecule has 0 radical (unpaired) electrons. The Morgan fingerprint density at radius 3 is 2.13 bits per heavy atom. The second-order valence-electron chi connectivity index (χ2n) is 3.68. The van der Waals surface area contributed by atoms with E-state index >= 15 is 0 Å². The van der Waals surface area contributed by atoms with Crippen LogP contribution in [-0.4, -0.2) is 11.6 Å². The fraction of sp³-hybridized carbons (Fsp3) is 0.154. The van der Waals surface area contributed by atoms with Crippen molar-refractivity contribution in [2.24, 2.45) is 0 Å². The summed E-state index contributed by atoms with van der Waals surface area (Å²) in [7, 11) is 0. The van der Waals surface area contributed by atoms with Gasteiger partial charge in [0.15, 0.2) is 0 Å². The lowest BCUT2D eigenvalue weighted by atomic mass is 10.0. The third-order valence-corrected chi connectivity index (χ3v) is 2.63. The molecule has 74 valence electrons. The van der Waals surface area contributed by atoms with Gasteiger partial charge in [-0.2, -0.15) is 0 Å². The molecule has 0 saturated carbocycles. The van der Waals surface area contributed by atoms with Gasteiger partial charge in [0.05, 0.1) is 6.61 Å². The monoisotopic (exact) mass is 197 g/mol. The van der Waals surface area contributed by atoms with Gasteiger partial charge in [-0.1, -0.05) is 24.3 Å². The van der Waals surface area contributed by atoms with Gasteiger partial charge >= 0.3 is 0 Å². The first-order valence-electron chi connectivity index (χ1n) is 5.05. The summed E-state index contributed by atoms with van der Waals surface area (Å²) in [6, 6.07) is 12.6. The molecule has 2 aromatic rings. The molecule has 1 aromatic carbocycles. The van der Waals surface area contributed by atoms with Crippen molar-refractivity contribution in [1.82, 2.24) is 4.98 Å². The number of hydrogen-bond acceptors (Lipinski definition) is 2. The topological polar surface area (TPSA) is 25.4 Å². The molecule has 0 aliphatic carbocycles. The standard InChI is InChI=1S/C13H11NO/c1-3-12(13-9-15-13)4-2-10(1)11-5-7-14-8-6-11/h1-8,13H,9H2/t13-/m0/s1. The molecule has 2 heterocycles. The van der Waals surface area contributed by atoms with Crippen molar-refractivity contribution >= 4 is 0 Å². The predicted molar refractivity (Wildman–Crippen MR) is 58.4 cm³/mol. The highest BCUT2D eigenvalue weighted by atomic mass is 16.6. The van der Waals surface area contributed by atoms with Crippen LogP contribution in [0, 0.1) is 0 Å². The van der Waals surface area contributed by atoms with E-state index in [1.165, 1.54) is 16.7 Å². The summed E-state index contributed by atoms with van der Waals surface area (Å²) in [6.07, 6.45) is 3.97. The Kier molecular flexibility index (Phi) is 2.00. The molecule has 2 heteroatoms. The third kappa shape index (κ3) is 1.76. The molecule has 1 atom stereocenters. The van der Waals surface area contributed by atoms with E-state index in [2.05, 4.69) is 29.2 Å². The van der Waals surface area contributed by atoms with Crippen molar-refractivity contribution in [2.45, 2.75) is 6.10 Å². The van der Waals surface area contributed by atoms with Crippen LogP contribution in [0.1, 0.15) is 11.7 Å². The molecule has 15 heavy (non-hydrogen) atoms. The van der Waals surface area contributed by atoms with E-state index in [9.17, 15) is 0 Å². The van der Waals surface area contributed by atoms with Crippen LogP contribution in [0.4, 0.5) is 0 Å². The zero-order chi connectivity index (χ0) is 10.1. The minimum Gasteiger partial charge on any atom is -0.368 e. The van der Waals surface area contributed by atoms with Crippen molar-refractivity contribution in [2.75, 3.05) is 6.61 Å². The molecule has 0 amide bonds. The third-order valence-electron chi connectivity index (χ3n) is 2.63. The van der Waals surface area contributed by atoms with Gasteiger partial charge in [0.2, 0.25) is 0 Å². The summed E-state index contributed by atoms with van der Waals surface area (Å²) < 4.78 is 5.23. The highest BCUT2D eigenvalue weighted by Crippen LogP contribution is 2.30. The number of nitrogens with zero attached hydrogens (tertiary/aromatic N) is 1. The van der Waals surface area contributed by atoms with Gasteiger partial charge in [-0.15, -0.1) is 0 Å². The Bertz CT molecular complexity index is 446. The maximum Gasteiger partial charge on any atom is 0.106 e. The van der Waals surface area contributed by atoms with Crippen LogP contribution < -0.4 is 0 Å². The smallest absolute Gasteiger partial charge is 0.106 e. The maximum absolute atomic E-state index is 5.23. The van der Waals surface area contributed by atoms with Gasteiger partial charge in [0.25, 0.3) is 0 Å². The Labute approximate surface area is 88.5 Å². The van der Waals surface area contributed by atoms with Crippen molar-refractivity contribution in [3.63, 3.8) is 0 Å². The van der Waals surface area contributed by atoms with Gasteiger partial charge in [-0.3, -0.25) is 4.98 Å². The van der Waals surface area contributed by atoms with Gasteiger partial charge in [0, 0.05) is 12.4 Å². The minimum atomic E-state index is 0.344. The average Bonchev–Trinajstić information content (AvgIpc) is 3.15. The van der Waals surface area contributed by atoms with Crippen LogP contribution in [0.5, 0.6) is 0 Å². The fourth-order valence-corrected chi connectivity index (χ4v) is 1.68. The summed E-state index contributed by atoms with van der Waals surface area (Å²) in [5, 5.41) is 0. The van der Waals surface area contributed by atoms with Crippen LogP contribution in [0.25, 0.3) is 11.1 Å². The average molecular weight is 197 g/mol. The maximum atomic E-state index is 5.23. The first-order chi connectivity index (χ1) is 7.43. The summed E-state index contributed by atoms with van der Waals surface area (Å²) in [5.74, 6) is 0. The van der Waals surface area contributed by atoms with Crippen LogP contribution in [-0.2, 0) is 4.74 Å². The van der Waals surface area contributed by atoms with Crippen molar-refractivity contribution < 1.29 is 4.74 Å². The number of benzene rings is 1. The van der Waals surface area contributed by atoms with Crippen molar-refractivity contribution in [3.05, 3.63) is 54.4 Å². The molecule has 3 rings (SSSR count). The van der Waals surface area contributed by atoms with Crippen LogP contribution >= 0.6 is 0 Å². The summed E-state index contributed by atoms with van der Waals surface area (Å²) in [5.41, 5.74) is 3.70. The van der Waals surface area contributed by atoms with E-state index in [1.54, 1.807) is 0 Å². The molecule has 1 fully saturated rings. The highest BCUT2D eigenvalue weighted by molar-refractivity contribution is 5.63. The van der Waals surface area contributed by atoms with Gasteiger partial charge in [0.1, 0.15) is 6.10 Å². The molecule has 1 aliphatic rings. The van der Waals surface area contributed by atoms with E-state index in [4.69, 9.17) is 4.74 Å². The van der Waals surface area contributed by atoms with E-state index in [1.807, 2.05) is 24.5 Å². The highest BCUT2D eigenvalue weighted by Gasteiger charge is 2.24. The normalized spacial score (nSPS) is 18.8. The molecule has 0 N–H and O–H groups in total. The second-order valence-corrected chi connectivity index (χ2v) is 3.68. The number of hydrogen-bond donors (Lipinski definition) is 0. The predicted octanol–water partition coefficient (Wildman–Crippen LogP) is 2.82. The summed E-state index contributed by atoms with van der Waals surface area (Å²) in [6.45, 7) is 0.870. The Balaban J connectivity index is 1.93. The van der Waals surface area contributed by atoms with Crippen LogP contribution in [0.3, 0.4) is 0 Å². The van der Waals surface area contributed by atoms with E-state index in [-0.39, 0.29) is 0 Å². The molecule has 0 unspecified atom stereocenters. The zero-order valence-electron chi connectivity index (χ0n) is 8.26. The van der Waals surface area contributed by atoms with E-state index in [0.29, 0.717) is 6.10 Å². The second kappa shape index (κ2) is 3.48. The zero-order valence-corrected chi connectivity index (χ0v) is 8.26.